The minimum atomic E-state index is -0.0961. The van der Waals surface area contributed by atoms with Gasteiger partial charge in [-0.05, 0) is 37.8 Å². The van der Waals surface area contributed by atoms with Crippen LogP contribution < -0.4 is 11.2 Å². The molecule has 3 N–H and O–H groups in total. The SMILES string of the molecule is Cc1ccc(C)n1NC(=O)CC(N)CC(C)(C)C. The lowest BCUT2D eigenvalue weighted by Gasteiger charge is -2.23. The zero-order chi connectivity index (χ0) is 13.9. The summed E-state index contributed by atoms with van der Waals surface area (Å²) in [7, 11) is 0. The van der Waals surface area contributed by atoms with Crippen LogP contribution in [-0.2, 0) is 4.79 Å². The van der Waals surface area contributed by atoms with Gasteiger partial charge in [0.15, 0.2) is 0 Å². The molecule has 4 heteroatoms. The van der Waals surface area contributed by atoms with Gasteiger partial charge in [-0.1, -0.05) is 20.8 Å². The Hall–Kier alpha value is -1.29. The van der Waals surface area contributed by atoms with Crippen LogP contribution in [0.2, 0.25) is 0 Å². The molecule has 1 atom stereocenters. The molecule has 1 heterocycles. The number of hydrogen-bond acceptors (Lipinski definition) is 2. The first-order chi connectivity index (χ1) is 8.19. The number of aromatic nitrogens is 1. The highest BCUT2D eigenvalue weighted by molar-refractivity contribution is 5.84. The van der Waals surface area contributed by atoms with Gasteiger partial charge in [0.1, 0.15) is 0 Å². The molecule has 0 saturated heterocycles. The fourth-order valence-corrected chi connectivity index (χ4v) is 2.11. The highest BCUT2D eigenvalue weighted by Crippen LogP contribution is 2.21. The first kappa shape index (κ1) is 14.8. The van der Waals surface area contributed by atoms with Crippen LogP contribution in [0.4, 0.5) is 0 Å². The fourth-order valence-electron chi connectivity index (χ4n) is 2.11. The number of hydrogen-bond donors (Lipinski definition) is 2. The Bertz CT molecular complexity index is 396. The van der Waals surface area contributed by atoms with Crippen LogP contribution in [0.1, 0.15) is 45.0 Å². The molecule has 0 aliphatic carbocycles. The van der Waals surface area contributed by atoms with Crippen LogP contribution in [0.25, 0.3) is 0 Å². The number of nitrogens with two attached hydrogens (primary N) is 1. The lowest BCUT2D eigenvalue weighted by molar-refractivity contribution is -0.117. The van der Waals surface area contributed by atoms with E-state index in [1.165, 1.54) is 0 Å². The van der Waals surface area contributed by atoms with Crippen molar-refractivity contribution in [1.29, 1.82) is 0 Å². The van der Waals surface area contributed by atoms with Gasteiger partial charge in [-0.3, -0.25) is 14.9 Å². The van der Waals surface area contributed by atoms with Crippen molar-refractivity contribution in [1.82, 2.24) is 4.68 Å². The normalized spacial score (nSPS) is 13.4. The van der Waals surface area contributed by atoms with Crippen LogP contribution in [0, 0.1) is 19.3 Å². The van der Waals surface area contributed by atoms with E-state index in [1.54, 1.807) is 4.68 Å². The number of aryl methyl sites for hydroxylation is 2. The summed E-state index contributed by atoms with van der Waals surface area (Å²) in [6.45, 7) is 10.3. The van der Waals surface area contributed by atoms with Crippen molar-refractivity contribution in [3.8, 4) is 0 Å². The molecule has 1 unspecified atom stereocenters. The largest absolute Gasteiger partial charge is 0.327 e. The lowest BCUT2D eigenvalue weighted by Crippen LogP contribution is -2.34. The van der Waals surface area contributed by atoms with Gasteiger partial charge in [0.05, 0.1) is 0 Å². The molecule has 4 nitrogen and oxygen atoms in total. The van der Waals surface area contributed by atoms with E-state index >= 15 is 0 Å². The molecule has 0 aliphatic heterocycles. The topological polar surface area (TPSA) is 60.0 Å². The third kappa shape index (κ3) is 4.53. The average Bonchev–Trinajstić information content (AvgIpc) is 2.46. The van der Waals surface area contributed by atoms with Gasteiger partial charge in [0.25, 0.3) is 0 Å². The Labute approximate surface area is 110 Å². The Balaban J connectivity index is 2.52. The molecule has 18 heavy (non-hydrogen) atoms. The van der Waals surface area contributed by atoms with Crippen molar-refractivity contribution in [3.63, 3.8) is 0 Å². The van der Waals surface area contributed by atoms with Gasteiger partial charge in [0, 0.05) is 23.9 Å². The lowest BCUT2D eigenvalue weighted by atomic mass is 9.87. The van der Waals surface area contributed by atoms with Crippen molar-refractivity contribution in [2.45, 2.75) is 53.5 Å². The van der Waals surface area contributed by atoms with Crippen molar-refractivity contribution in [2.75, 3.05) is 5.43 Å². The van der Waals surface area contributed by atoms with E-state index in [2.05, 4.69) is 26.2 Å². The van der Waals surface area contributed by atoms with Crippen LogP contribution in [-0.4, -0.2) is 16.6 Å². The van der Waals surface area contributed by atoms with E-state index in [0.29, 0.717) is 6.42 Å². The summed E-state index contributed by atoms with van der Waals surface area (Å²) >= 11 is 0. The molecule has 0 spiro atoms. The van der Waals surface area contributed by atoms with E-state index < -0.39 is 0 Å². The predicted octanol–water partition coefficient (Wildman–Crippen LogP) is 2.33. The van der Waals surface area contributed by atoms with Gasteiger partial charge >= 0.3 is 0 Å². The van der Waals surface area contributed by atoms with E-state index in [-0.39, 0.29) is 17.4 Å². The molecule has 0 radical (unpaired) electrons. The molecular weight excluding hydrogens is 226 g/mol. The van der Waals surface area contributed by atoms with Crippen molar-refractivity contribution < 1.29 is 4.79 Å². The molecule has 1 rings (SSSR count). The number of rotatable bonds is 4. The van der Waals surface area contributed by atoms with Crippen molar-refractivity contribution in [3.05, 3.63) is 23.5 Å². The summed E-state index contributed by atoms with van der Waals surface area (Å²) in [5, 5.41) is 0. The number of nitrogens with zero attached hydrogens (tertiary/aromatic N) is 1. The molecular formula is C14H25N3O. The number of amides is 1. The Morgan fingerprint density at radius 2 is 1.83 bits per heavy atom. The standard InChI is InChI=1S/C14H25N3O/c1-10-6-7-11(2)17(10)16-13(18)8-12(15)9-14(3,4)5/h6-7,12H,8-9,15H2,1-5H3,(H,16,18). The van der Waals surface area contributed by atoms with Crippen molar-refractivity contribution >= 4 is 5.91 Å². The average molecular weight is 251 g/mol. The summed E-state index contributed by atoms with van der Waals surface area (Å²) in [5.41, 5.74) is 11.1. The van der Waals surface area contributed by atoms with Gasteiger partial charge in [0.2, 0.25) is 5.91 Å². The highest BCUT2D eigenvalue weighted by Gasteiger charge is 2.18. The molecule has 0 fully saturated rings. The third-order valence-electron chi connectivity index (χ3n) is 2.83. The molecule has 0 aliphatic rings. The molecule has 102 valence electrons. The van der Waals surface area contributed by atoms with Gasteiger partial charge in [-0.2, -0.15) is 0 Å². The highest BCUT2D eigenvalue weighted by atomic mass is 16.2. The number of nitrogens with one attached hydrogen (secondary N) is 1. The maximum absolute atomic E-state index is 11.9. The Morgan fingerprint density at radius 3 is 2.28 bits per heavy atom. The van der Waals surface area contributed by atoms with Gasteiger partial charge < -0.3 is 5.73 Å². The fraction of sp³-hybridized carbons (Fsp3) is 0.643. The third-order valence-corrected chi connectivity index (χ3v) is 2.83. The molecule has 0 saturated carbocycles. The van der Waals surface area contributed by atoms with E-state index in [1.807, 2.05) is 26.0 Å². The minimum absolute atomic E-state index is 0.0332. The smallest absolute Gasteiger partial charge is 0.240 e. The van der Waals surface area contributed by atoms with Crippen molar-refractivity contribution in [2.24, 2.45) is 11.1 Å². The van der Waals surface area contributed by atoms with Crippen LogP contribution in [0.15, 0.2) is 12.1 Å². The summed E-state index contributed by atoms with van der Waals surface area (Å²) in [5.74, 6) is -0.0332. The number of carbonyl (C=O) groups excluding carboxylic acids is 1. The second-order valence-corrected chi connectivity index (χ2v) is 6.22. The minimum Gasteiger partial charge on any atom is -0.327 e. The molecule has 0 aromatic carbocycles. The maximum Gasteiger partial charge on any atom is 0.240 e. The first-order valence-electron chi connectivity index (χ1n) is 6.39. The van der Waals surface area contributed by atoms with Gasteiger partial charge in [-0.25, -0.2) is 0 Å². The first-order valence-corrected chi connectivity index (χ1v) is 6.39. The zero-order valence-electron chi connectivity index (χ0n) is 12.1. The molecule has 1 aromatic heterocycles. The Kier molecular flexibility index (Phi) is 4.57. The molecule has 1 amide bonds. The maximum atomic E-state index is 11.9. The summed E-state index contributed by atoms with van der Waals surface area (Å²) < 4.78 is 1.80. The van der Waals surface area contributed by atoms with Crippen LogP contribution in [0.5, 0.6) is 0 Å². The monoisotopic (exact) mass is 251 g/mol. The number of carbonyl (C=O) groups is 1. The second-order valence-electron chi connectivity index (χ2n) is 6.22. The quantitative estimate of drug-likeness (QED) is 0.862. The summed E-state index contributed by atoms with van der Waals surface area (Å²) in [4.78, 5) is 11.9. The molecule has 0 bridgehead atoms. The summed E-state index contributed by atoms with van der Waals surface area (Å²) in [6, 6.07) is 3.86. The Morgan fingerprint density at radius 1 is 1.33 bits per heavy atom. The van der Waals surface area contributed by atoms with Crippen LogP contribution in [0.3, 0.4) is 0 Å². The molecule has 1 aromatic rings. The second kappa shape index (κ2) is 5.57. The van der Waals surface area contributed by atoms with E-state index in [4.69, 9.17) is 5.73 Å². The van der Waals surface area contributed by atoms with E-state index in [9.17, 15) is 4.79 Å². The summed E-state index contributed by atoms with van der Waals surface area (Å²) in [6.07, 6.45) is 1.19. The van der Waals surface area contributed by atoms with Crippen LogP contribution >= 0.6 is 0 Å². The van der Waals surface area contributed by atoms with E-state index in [0.717, 1.165) is 17.8 Å². The predicted molar refractivity (Wildman–Crippen MR) is 74.9 cm³/mol. The van der Waals surface area contributed by atoms with Gasteiger partial charge in [-0.15, -0.1) is 0 Å². The zero-order valence-corrected chi connectivity index (χ0v) is 12.1.